The van der Waals surface area contributed by atoms with Gasteiger partial charge in [-0.2, -0.15) is 5.10 Å². The van der Waals surface area contributed by atoms with Crippen molar-refractivity contribution >= 4 is 11.7 Å². The minimum atomic E-state index is -0.710. The maximum Gasteiger partial charge on any atom is 0.332 e. The molecule has 0 aliphatic heterocycles. The van der Waals surface area contributed by atoms with Gasteiger partial charge in [0.15, 0.2) is 0 Å². The Labute approximate surface area is 94.5 Å². The molecule has 0 spiro atoms. The van der Waals surface area contributed by atoms with E-state index in [1.165, 1.54) is 0 Å². The SMILES string of the molecule is CC(C)(N)/C(=N\NC(N)=O)c1ccccc1. The summed E-state index contributed by atoms with van der Waals surface area (Å²) in [6.45, 7) is 3.61. The molecule has 0 bridgehead atoms. The molecule has 0 saturated heterocycles. The number of hydrogen-bond donors (Lipinski definition) is 3. The summed E-state index contributed by atoms with van der Waals surface area (Å²) >= 11 is 0. The van der Waals surface area contributed by atoms with E-state index in [1.807, 2.05) is 44.2 Å². The van der Waals surface area contributed by atoms with E-state index >= 15 is 0 Å². The first-order chi connectivity index (χ1) is 7.41. The van der Waals surface area contributed by atoms with E-state index in [0.29, 0.717) is 5.71 Å². The van der Waals surface area contributed by atoms with Crippen LogP contribution in [0.4, 0.5) is 4.79 Å². The molecule has 0 aliphatic carbocycles. The fourth-order valence-electron chi connectivity index (χ4n) is 1.29. The van der Waals surface area contributed by atoms with E-state index in [2.05, 4.69) is 10.5 Å². The van der Waals surface area contributed by atoms with Crippen LogP contribution in [0.2, 0.25) is 0 Å². The molecule has 2 amide bonds. The molecule has 5 N–H and O–H groups in total. The molecule has 5 heteroatoms. The van der Waals surface area contributed by atoms with Crippen molar-refractivity contribution < 1.29 is 4.79 Å². The Bertz CT molecular complexity index is 392. The van der Waals surface area contributed by atoms with Gasteiger partial charge in [0.1, 0.15) is 0 Å². The number of hydrazone groups is 1. The van der Waals surface area contributed by atoms with Crippen LogP contribution >= 0.6 is 0 Å². The Morgan fingerprint density at radius 1 is 1.31 bits per heavy atom. The first kappa shape index (κ1) is 12.2. The van der Waals surface area contributed by atoms with Gasteiger partial charge in [0, 0.05) is 0 Å². The third kappa shape index (κ3) is 3.36. The lowest BCUT2D eigenvalue weighted by atomic mass is 9.93. The Morgan fingerprint density at radius 3 is 2.31 bits per heavy atom. The van der Waals surface area contributed by atoms with E-state index in [4.69, 9.17) is 11.5 Å². The summed E-state index contributed by atoms with van der Waals surface area (Å²) in [5, 5.41) is 3.93. The van der Waals surface area contributed by atoms with Crippen LogP contribution < -0.4 is 16.9 Å². The molecule has 0 radical (unpaired) electrons. The monoisotopic (exact) mass is 220 g/mol. The highest BCUT2D eigenvalue weighted by Gasteiger charge is 2.21. The standard InChI is InChI=1S/C11H16N4O/c1-11(2,13)9(14-15-10(12)16)8-6-4-3-5-7-8/h3-7H,13H2,1-2H3,(H3,12,15,16)/b14-9-. The second-order valence-electron chi connectivity index (χ2n) is 4.02. The molecule has 1 rings (SSSR count). The van der Waals surface area contributed by atoms with Gasteiger partial charge < -0.3 is 11.5 Å². The van der Waals surface area contributed by atoms with Gasteiger partial charge >= 0.3 is 6.03 Å². The van der Waals surface area contributed by atoms with Gasteiger partial charge in [0.25, 0.3) is 0 Å². The molecule has 0 unspecified atom stereocenters. The summed E-state index contributed by atoms with van der Waals surface area (Å²) in [5.41, 5.74) is 13.9. The third-order valence-corrected chi connectivity index (χ3v) is 1.94. The molecule has 0 saturated carbocycles. The summed E-state index contributed by atoms with van der Waals surface area (Å²) in [5.74, 6) is 0. The topological polar surface area (TPSA) is 93.5 Å². The number of rotatable bonds is 3. The van der Waals surface area contributed by atoms with E-state index < -0.39 is 11.6 Å². The largest absolute Gasteiger partial charge is 0.350 e. The van der Waals surface area contributed by atoms with Gasteiger partial charge in [0.05, 0.1) is 11.3 Å². The first-order valence-corrected chi connectivity index (χ1v) is 4.89. The smallest absolute Gasteiger partial charge is 0.332 e. The first-order valence-electron chi connectivity index (χ1n) is 4.89. The van der Waals surface area contributed by atoms with Gasteiger partial charge in [-0.1, -0.05) is 30.3 Å². The Kier molecular flexibility index (Phi) is 3.63. The average Bonchev–Trinajstić information content (AvgIpc) is 2.17. The minimum Gasteiger partial charge on any atom is -0.350 e. The van der Waals surface area contributed by atoms with Gasteiger partial charge in [-0.05, 0) is 19.4 Å². The lowest BCUT2D eigenvalue weighted by Gasteiger charge is -2.21. The molecular formula is C11H16N4O. The zero-order chi connectivity index (χ0) is 12.2. The van der Waals surface area contributed by atoms with Crippen LogP contribution in [0, 0.1) is 0 Å². The summed E-state index contributed by atoms with van der Waals surface area (Å²) in [6.07, 6.45) is 0. The number of nitrogens with zero attached hydrogens (tertiary/aromatic N) is 1. The summed E-state index contributed by atoms with van der Waals surface area (Å²) in [6, 6.07) is 8.68. The highest BCUT2D eigenvalue weighted by molar-refractivity contribution is 6.06. The maximum absolute atomic E-state index is 10.6. The number of nitrogens with one attached hydrogen (secondary N) is 1. The number of urea groups is 1. The van der Waals surface area contributed by atoms with Crippen molar-refractivity contribution in [3.8, 4) is 0 Å². The molecule has 16 heavy (non-hydrogen) atoms. The predicted molar refractivity (Wildman–Crippen MR) is 64.0 cm³/mol. The normalized spacial score (nSPS) is 12.3. The van der Waals surface area contributed by atoms with Crippen LogP contribution in [-0.4, -0.2) is 17.3 Å². The molecule has 1 aromatic carbocycles. The van der Waals surface area contributed by atoms with E-state index in [0.717, 1.165) is 5.56 Å². The summed E-state index contributed by atoms with van der Waals surface area (Å²) in [4.78, 5) is 10.6. The van der Waals surface area contributed by atoms with Gasteiger partial charge in [0.2, 0.25) is 0 Å². The fraction of sp³-hybridized carbons (Fsp3) is 0.273. The Hall–Kier alpha value is -1.88. The lowest BCUT2D eigenvalue weighted by molar-refractivity contribution is 0.249. The molecule has 5 nitrogen and oxygen atoms in total. The van der Waals surface area contributed by atoms with Crippen LogP contribution in [-0.2, 0) is 0 Å². The molecule has 0 aliphatic rings. The number of primary amides is 1. The second-order valence-corrected chi connectivity index (χ2v) is 4.02. The van der Waals surface area contributed by atoms with Crippen molar-refractivity contribution in [2.24, 2.45) is 16.6 Å². The van der Waals surface area contributed by atoms with Crippen LogP contribution in [0.15, 0.2) is 35.4 Å². The van der Waals surface area contributed by atoms with Gasteiger partial charge in [-0.15, -0.1) is 0 Å². The summed E-state index contributed by atoms with van der Waals surface area (Å²) in [7, 11) is 0. The zero-order valence-corrected chi connectivity index (χ0v) is 9.40. The van der Waals surface area contributed by atoms with E-state index in [1.54, 1.807) is 0 Å². The van der Waals surface area contributed by atoms with Crippen LogP contribution in [0.3, 0.4) is 0 Å². The molecule has 0 fully saturated rings. The van der Waals surface area contributed by atoms with Crippen LogP contribution in [0.5, 0.6) is 0 Å². The van der Waals surface area contributed by atoms with Gasteiger partial charge in [-0.25, -0.2) is 10.2 Å². The Morgan fingerprint density at radius 2 is 1.88 bits per heavy atom. The Balaban J connectivity index is 3.07. The highest BCUT2D eigenvalue weighted by atomic mass is 16.2. The number of carbonyl (C=O) groups excluding carboxylic acids is 1. The number of hydrogen-bond acceptors (Lipinski definition) is 3. The fourth-order valence-corrected chi connectivity index (χ4v) is 1.29. The van der Waals surface area contributed by atoms with Crippen molar-refractivity contribution in [2.75, 3.05) is 0 Å². The van der Waals surface area contributed by atoms with Crippen LogP contribution in [0.25, 0.3) is 0 Å². The summed E-state index contributed by atoms with van der Waals surface area (Å²) < 4.78 is 0. The average molecular weight is 220 g/mol. The van der Waals surface area contributed by atoms with Crippen LogP contribution in [0.1, 0.15) is 19.4 Å². The quantitative estimate of drug-likeness (QED) is 0.519. The van der Waals surface area contributed by atoms with E-state index in [9.17, 15) is 4.79 Å². The lowest BCUT2D eigenvalue weighted by Crippen LogP contribution is -2.43. The molecule has 0 heterocycles. The van der Waals surface area contributed by atoms with Crippen molar-refractivity contribution in [1.82, 2.24) is 5.43 Å². The van der Waals surface area contributed by atoms with Crippen molar-refractivity contribution in [3.63, 3.8) is 0 Å². The number of nitrogens with two attached hydrogens (primary N) is 2. The van der Waals surface area contributed by atoms with Gasteiger partial charge in [-0.3, -0.25) is 0 Å². The third-order valence-electron chi connectivity index (χ3n) is 1.94. The molecule has 0 aromatic heterocycles. The second kappa shape index (κ2) is 4.76. The molecule has 86 valence electrons. The molecule has 1 aromatic rings. The molecule has 0 atom stereocenters. The number of carbonyl (C=O) groups is 1. The van der Waals surface area contributed by atoms with Crippen molar-refractivity contribution in [2.45, 2.75) is 19.4 Å². The van der Waals surface area contributed by atoms with E-state index in [-0.39, 0.29) is 0 Å². The number of amides is 2. The maximum atomic E-state index is 10.6. The molecular weight excluding hydrogens is 204 g/mol. The predicted octanol–water partition coefficient (Wildman–Crippen LogP) is 0.796. The zero-order valence-electron chi connectivity index (χ0n) is 9.40. The van der Waals surface area contributed by atoms with Crippen molar-refractivity contribution in [3.05, 3.63) is 35.9 Å². The van der Waals surface area contributed by atoms with Crippen molar-refractivity contribution in [1.29, 1.82) is 0 Å². The minimum absolute atomic E-state index is 0.576. The number of benzene rings is 1. The highest BCUT2D eigenvalue weighted by Crippen LogP contribution is 2.10.